The van der Waals surface area contributed by atoms with Crippen LogP contribution in [0.25, 0.3) is 0 Å². The van der Waals surface area contributed by atoms with Crippen LogP contribution in [0.3, 0.4) is 0 Å². The molecule has 0 radical (unpaired) electrons. The number of aliphatic hydroxyl groups excluding tert-OH is 1. The Morgan fingerprint density at radius 2 is 2.08 bits per heavy atom. The summed E-state index contributed by atoms with van der Waals surface area (Å²) in [5, 5.41) is 17.8. The second-order valence-corrected chi connectivity index (χ2v) is 5.10. The zero-order valence-corrected chi connectivity index (χ0v) is 8.85. The van der Waals surface area contributed by atoms with E-state index >= 15 is 0 Å². The number of hydrogen-bond donors (Lipinski definition) is 1. The van der Waals surface area contributed by atoms with Gasteiger partial charge in [-0.05, 0) is 17.5 Å². The average molecular weight is 195 g/mol. The minimum Gasteiger partial charge on any atom is -0.373 e. The average Bonchev–Trinajstić information content (AvgIpc) is 2.50. The van der Waals surface area contributed by atoms with Crippen molar-refractivity contribution in [2.75, 3.05) is 0 Å². The van der Waals surface area contributed by atoms with Gasteiger partial charge in [0.25, 0.3) is 0 Å². The molecule has 0 amide bonds. The second kappa shape index (κ2) is 3.49. The van der Waals surface area contributed by atoms with Crippen LogP contribution in [0.1, 0.15) is 36.6 Å². The van der Waals surface area contributed by atoms with E-state index in [1.165, 1.54) is 16.2 Å². The number of nitriles is 1. The summed E-state index contributed by atoms with van der Waals surface area (Å²) in [6.45, 7) is 6.34. The van der Waals surface area contributed by atoms with Crippen LogP contribution in [0.2, 0.25) is 0 Å². The SMILES string of the molecule is CC(C)(C)c1ccc(C(O)C#N)s1. The Morgan fingerprint density at radius 1 is 1.46 bits per heavy atom. The van der Waals surface area contributed by atoms with Gasteiger partial charge in [0, 0.05) is 9.75 Å². The molecular formula is C10H13NOS. The maximum atomic E-state index is 9.26. The zero-order valence-electron chi connectivity index (χ0n) is 8.03. The lowest BCUT2D eigenvalue weighted by atomic mass is 9.95. The van der Waals surface area contributed by atoms with Crippen LogP contribution in [0.5, 0.6) is 0 Å². The molecule has 1 N–H and O–H groups in total. The van der Waals surface area contributed by atoms with Crippen LogP contribution in [-0.4, -0.2) is 5.11 Å². The van der Waals surface area contributed by atoms with Crippen molar-refractivity contribution in [2.45, 2.75) is 32.3 Å². The Labute approximate surface area is 82.4 Å². The molecular weight excluding hydrogens is 182 g/mol. The summed E-state index contributed by atoms with van der Waals surface area (Å²) < 4.78 is 0. The Balaban J connectivity index is 2.95. The highest BCUT2D eigenvalue weighted by atomic mass is 32.1. The van der Waals surface area contributed by atoms with Crippen LogP contribution < -0.4 is 0 Å². The van der Waals surface area contributed by atoms with Crippen molar-refractivity contribution >= 4 is 11.3 Å². The molecule has 0 saturated carbocycles. The van der Waals surface area contributed by atoms with Gasteiger partial charge in [0.2, 0.25) is 0 Å². The van der Waals surface area contributed by atoms with Gasteiger partial charge in [-0.1, -0.05) is 20.8 Å². The van der Waals surface area contributed by atoms with E-state index in [-0.39, 0.29) is 5.41 Å². The van der Waals surface area contributed by atoms with E-state index in [1.54, 1.807) is 0 Å². The van der Waals surface area contributed by atoms with Crippen LogP contribution in [0, 0.1) is 11.3 Å². The molecule has 1 aromatic heterocycles. The molecule has 1 unspecified atom stereocenters. The van der Waals surface area contributed by atoms with E-state index < -0.39 is 6.10 Å². The van der Waals surface area contributed by atoms with Crippen molar-refractivity contribution in [1.82, 2.24) is 0 Å². The van der Waals surface area contributed by atoms with Crippen molar-refractivity contribution in [3.05, 3.63) is 21.9 Å². The number of aliphatic hydroxyl groups is 1. The number of hydrogen-bond acceptors (Lipinski definition) is 3. The lowest BCUT2D eigenvalue weighted by Crippen LogP contribution is -2.07. The normalized spacial score (nSPS) is 13.8. The maximum absolute atomic E-state index is 9.26. The van der Waals surface area contributed by atoms with E-state index in [1.807, 2.05) is 18.2 Å². The molecule has 1 aromatic rings. The van der Waals surface area contributed by atoms with Gasteiger partial charge < -0.3 is 5.11 Å². The fourth-order valence-electron chi connectivity index (χ4n) is 0.967. The van der Waals surface area contributed by atoms with Gasteiger partial charge in [0.15, 0.2) is 6.10 Å². The first kappa shape index (κ1) is 10.2. The van der Waals surface area contributed by atoms with E-state index in [9.17, 15) is 5.11 Å². The molecule has 2 nitrogen and oxygen atoms in total. The van der Waals surface area contributed by atoms with Crippen molar-refractivity contribution in [3.8, 4) is 6.07 Å². The van der Waals surface area contributed by atoms with Crippen LogP contribution in [0.4, 0.5) is 0 Å². The highest BCUT2D eigenvalue weighted by Gasteiger charge is 2.18. The van der Waals surface area contributed by atoms with Gasteiger partial charge in [-0.3, -0.25) is 0 Å². The first-order chi connectivity index (χ1) is 5.95. The first-order valence-corrected chi connectivity index (χ1v) is 4.94. The zero-order chi connectivity index (χ0) is 10.1. The number of thiophene rings is 1. The quantitative estimate of drug-likeness (QED) is 0.700. The molecule has 70 valence electrons. The van der Waals surface area contributed by atoms with Gasteiger partial charge in [0.1, 0.15) is 0 Å². The molecule has 1 rings (SSSR count). The van der Waals surface area contributed by atoms with E-state index in [0.717, 1.165) is 4.88 Å². The molecule has 1 heterocycles. The van der Waals surface area contributed by atoms with Crippen molar-refractivity contribution in [3.63, 3.8) is 0 Å². The lowest BCUT2D eigenvalue weighted by Gasteiger charge is -2.15. The molecule has 0 aliphatic rings. The smallest absolute Gasteiger partial charge is 0.175 e. The summed E-state index contributed by atoms with van der Waals surface area (Å²) in [6, 6.07) is 5.60. The predicted molar refractivity (Wildman–Crippen MR) is 53.6 cm³/mol. The third kappa shape index (κ3) is 2.30. The Kier molecular flexibility index (Phi) is 2.74. The molecule has 1 atom stereocenters. The molecule has 0 aromatic carbocycles. The van der Waals surface area contributed by atoms with Crippen LogP contribution in [-0.2, 0) is 5.41 Å². The second-order valence-electron chi connectivity index (χ2n) is 3.98. The van der Waals surface area contributed by atoms with Crippen molar-refractivity contribution in [2.24, 2.45) is 0 Å². The van der Waals surface area contributed by atoms with Crippen LogP contribution >= 0.6 is 11.3 Å². The molecule has 0 bridgehead atoms. The number of rotatable bonds is 1. The molecule has 0 saturated heterocycles. The minimum absolute atomic E-state index is 0.0953. The maximum Gasteiger partial charge on any atom is 0.175 e. The fraction of sp³-hybridized carbons (Fsp3) is 0.500. The van der Waals surface area contributed by atoms with E-state index in [0.29, 0.717) is 0 Å². The summed E-state index contributed by atoms with van der Waals surface area (Å²) in [7, 11) is 0. The third-order valence-electron chi connectivity index (χ3n) is 1.76. The molecule has 3 heteroatoms. The Morgan fingerprint density at radius 3 is 2.46 bits per heavy atom. The highest BCUT2D eigenvalue weighted by molar-refractivity contribution is 7.12. The van der Waals surface area contributed by atoms with Gasteiger partial charge in [-0.25, -0.2) is 0 Å². The monoisotopic (exact) mass is 195 g/mol. The topological polar surface area (TPSA) is 44.0 Å². The van der Waals surface area contributed by atoms with Gasteiger partial charge >= 0.3 is 0 Å². The molecule has 0 aliphatic carbocycles. The largest absolute Gasteiger partial charge is 0.373 e. The van der Waals surface area contributed by atoms with Gasteiger partial charge in [-0.15, -0.1) is 11.3 Å². The fourth-order valence-corrected chi connectivity index (χ4v) is 1.96. The standard InChI is InChI=1S/C10H13NOS/c1-10(2,3)9-5-4-8(13-9)7(12)6-11/h4-5,7,12H,1-3H3. The Bertz CT molecular complexity index is 329. The summed E-state index contributed by atoms with van der Waals surface area (Å²) >= 11 is 1.50. The summed E-state index contributed by atoms with van der Waals surface area (Å²) in [4.78, 5) is 1.92. The third-order valence-corrected chi connectivity index (χ3v) is 3.32. The van der Waals surface area contributed by atoms with Gasteiger partial charge in [0.05, 0.1) is 6.07 Å². The summed E-state index contributed by atoms with van der Waals surface area (Å²) in [6.07, 6.45) is -0.971. The van der Waals surface area contributed by atoms with Crippen LogP contribution in [0.15, 0.2) is 12.1 Å². The highest BCUT2D eigenvalue weighted by Crippen LogP contribution is 2.31. The molecule has 13 heavy (non-hydrogen) atoms. The molecule has 0 fully saturated rings. The van der Waals surface area contributed by atoms with Crippen molar-refractivity contribution < 1.29 is 5.11 Å². The number of nitrogens with zero attached hydrogens (tertiary/aromatic N) is 1. The van der Waals surface area contributed by atoms with E-state index in [2.05, 4.69) is 20.8 Å². The summed E-state index contributed by atoms with van der Waals surface area (Å²) in [5.74, 6) is 0. The Hall–Kier alpha value is -0.850. The summed E-state index contributed by atoms with van der Waals surface area (Å²) in [5.41, 5.74) is 0.0953. The minimum atomic E-state index is -0.971. The first-order valence-electron chi connectivity index (χ1n) is 4.13. The predicted octanol–water partition coefficient (Wildman–Crippen LogP) is 2.60. The lowest BCUT2D eigenvalue weighted by molar-refractivity contribution is 0.240. The molecule has 0 spiro atoms. The van der Waals surface area contributed by atoms with E-state index in [4.69, 9.17) is 5.26 Å². The van der Waals surface area contributed by atoms with Crippen molar-refractivity contribution in [1.29, 1.82) is 5.26 Å². The molecule has 0 aliphatic heterocycles. The van der Waals surface area contributed by atoms with Gasteiger partial charge in [-0.2, -0.15) is 5.26 Å².